The van der Waals surface area contributed by atoms with Crippen molar-refractivity contribution in [1.82, 2.24) is 9.78 Å². The molecule has 7 heteroatoms. The summed E-state index contributed by atoms with van der Waals surface area (Å²) in [5, 5.41) is 18.3. The summed E-state index contributed by atoms with van der Waals surface area (Å²) < 4.78 is 1.16. The van der Waals surface area contributed by atoms with Gasteiger partial charge >= 0.3 is 0 Å². The third-order valence-electron chi connectivity index (χ3n) is 3.12. The van der Waals surface area contributed by atoms with Gasteiger partial charge in [0.2, 0.25) is 0 Å². The second kappa shape index (κ2) is 7.06. The number of halogens is 1. The fourth-order valence-electron chi connectivity index (χ4n) is 2.02. The molecule has 0 amide bonds. The fraction of sp³-hybridized carbons (Fsp3) is 0.429. The number of anilines is 1. The first-order chi connectivity index (χ1) is 10.0. The Morgan fingerprint density at radius 2 is 2.29 bits per heavy atom. The summed E-state index contributed by atoms with van der Waals surface area (Å²) in [7, 11) is 0. The number of rotatable bonds is 6. The van der Waals surface area contributed by atoms with E-state index < -0.39 is 5.56 Å². The van der Waals surface area contributed by atoms with Gasteiger partial charge in [-0.2, -0.15) is 5.10 Å². The molecular weight excluding hydrogens is 310 g/mol. The van der Waals surface area contributed by atoms with Crippen LogP contribution in [0.1, 0.15) is 24.8 Å². The van der Waals surface area contributed by atoms with Crippen molar-refractivity contribution >= 4 is 28.6 Å². The maximum atomic E-state index is 12.0. The van der Waals surface area contributed by atoms with E-state index in [1.165, 1.54) is 11.1 Å². The number of aliphatic hydroxyl groups is 1. The van der Waals surface area contributed by atoms with Crippen molar-refractivity contribution in [1.29, 1.82) is 0 Å². The topological polar surface area (TPSA) is 67.2 Å². The fourth-order valence-corrected chi connectivity index (χ4v) is 3.17. The van der Waals surface area contributed by atoms with Crippen LogP contribution in [0.15, 0.2) is 28.5 Å². The number of thiophene rings is 1. The van der Waals surface area contributed by atoms with Gasteiger partial charge in [-0.05, 0) is 17.4 Å². The van der Waals surface area contributed by atoms with Crippen LogP contribution >= 0.6 is 22.9 Å². The van der Waals surface area contributed by atoms with E-state index in [2.05, 4.69) is 30.3 Å². The molecule has 5 nitrogen and oxygen atoms in total. The van der Waals surface area contributed by atoms with Crippen molar-refractivity contribution in [2.75, 3.05) is 11.9 Å². The van der Waals surface area contributed by atoms with Crippen molar-refractivity contribution < 1.29 is 5.11 Å². The molecule has 2 heterocycles. The Morgan fingerprint density at radius 3 is 2.86 bits per heavy atom. The average Bonchev–Trinajstić information content (AvgIpc) is 2.97. The van der Waals surface area contributed by atoms with E-state index in [-0.39, 0.29) is 24.2 Å². The van der Waals surface area contributed by atoms with Crippen molar-refractivity contribution in [2.45, 2.75) is 26.4 Å². The van der Waals surface area contributed by atoms with Gasteiger partial charge in [-0.3, -0.25) is 4.79 Å². The number of hydrogen-bond acceptors (Lipinski definition) is 5. The normalized spacial score (nSPS) is 12.6. The number of aromatic nitrogens is 2. The van der Waals surface area contributed by atoms with Gasteiger partial charge in [0, 0.05) is 4.88 Å². The lowest BCUT2D eigenvalue weighted by atomic mass is 10.0. The second-order valence-electron chi connectivity index (χ2n) is 5.01. The van der Waals surface area contributed by atoms with E-state index in [0.717, 1.165) is 4.68 Å². The summed E-state index contributed by atoms with van der Waals surface area (Å²) in [6.45, 7) is 4.19. The maximum absolute atomic E-state index is 12.0. The van der Waals surface area contributed by atoms with Crippen molar-refractivity contribution in [3.8, 4) is 0 Å². The Balaban J connectivity index is 2.30. The molecule has 2 N–H and O–H groups in total. The lowest BCUT2D eigenvalue weighted by molar-refractivity contribution is 0.266. The molecule has 0 aliphatic heterocycles. The summed E-state index contributed by atoms with van der Waals surface area (Å²) in [4.78, 5) is 13.2. The predicted octanol–water partition coefficient (Wildman–Crippen LogP) is 2.76. The van der Waals surface area contributed by atoms with Gasteiger partial charge in [0.1, 0.15) is 5.02 Å². The molecule has 0 saturated carbocycles. The Hall–Kier alpha value is -1.37. The summed E-state index contributed by atoms with van der Waals surface area (Å²) in [6.07, 6.45) is 1.53. The molecule has 0 fully saturated rings. The molecule has 0 saturated heterocycles. The minimum absolute atomic E-state index is 0.0670. The average molecular weight is 328 g/mol. The van der Waals surface area contributed by atoms with E-state index in [9.17, 15) is 4.79 Å². The molecule has 0 bridgehead atoms. The monoisotopic (exact) mass is 327 g/mol. The number of aliphatic hydroxyl groups excluding tert-OH is 1. The highest BCUT2D eigenvalue weighted by atomic mass is 35.5. The number of nitrogens with one attached hydrogen (secondary N) is 1. The standard InChI is InChI=1S/C14H18ClN3O2S/c1-9(2)13(11-4-3-7-21-11)17-10-8-16-18(5-6-19)14(20)12(10)15/h3-4,7-9,13,17,19H,5-6H2,1-2H3. The van der Waals surface area contributed by atoms with Crippen LogP contribution in [0.2, 0.25) is 5.02 Å². The van der Waals surface area contributed by atoms with Crippen LogP contribution in [0.5, 0.6) is 0 Å². The highest BCUT2D eigenvalue weighted by Crippen LogP contribution is 2.31. The molecular formula is C14H18ClN3O2S. The first kappa shape index (κ1) is 16.0. The molecule has 0 radical (unpaired) electrons. The van der Waals surface area contributed by atoms with Crippen LogP contribution in [0, 0.1) is 5.92 Å². The predicted molar refractivity (Wildman–Crippen MR) is 86.1 cm³/mol. The first-order valence-corrected chi connectivity index (χ1v) is 7.96. The van der Waals surface area contributed by atoms with Crippen molar-refractivity contribution in [2.24, 2.45) is 5.92 Å². The molecule has 2 rings (SSSR count). The zero-order valence-electron chi connectivity index (χ0n) is 11.9. The molecule has 1 atom stereocenters. The van der Waals surface area contributed by atoms with Gasteiger partial charge in [-0.15, -0.1) is 11.3 Å². The van der Waals surface area contributed by atoms with Crippen molar-refractivity contribution in [3.63, 3.8) is 0 Å². The van der Waals surface area contributed by atoms with Crippen LogP contribution < -0.4 is 10.9 Å². The number of hydrogen-bond donors (Lipinski definition) is 2. The first-order valence-electron chi connectivity index (χ1n) is 6.71. The van der Waals surface area contributed by atoms with Crippen LogP contribution in [-0.2, 0) is 6.54 Å². The van der Waals surface area contributed by atoms with Crippen LogP contribution in [-0.4, -0.2) is 21.5 Å². The molecule has 2 aromatic rings. The van der Waals surface area contributed by atoms with Crippen molar-refractivity contribution in [3.05, 3.63) is 44.0 Å². The van der Waals surface area contributed by atoms with Crippen LogP contribution in [0.4, 0.5) is 5.69 Å². The van der Waals surface area contributed by atoms with E-state index in [1.807, 2.05) is 11.4 Å². The lowest BCUT2D eigenvalue weighted by Crippen LogP contribution is -2.26. The maximum Gasteiger partial charge on any atom is 0.287 e. The smallest absolute Gasteiger partial charge is 0.287 e. The summed E-state index contributed by atoms with van der Waals surface area (Å²) in [6, 6.07) is 4.12. The van der Waals surface area contributed by atoms with Crippen LogP contribution in [0.3, 0.4) is 0 Å². The Labute approximate surface area is 132 Å². The Morgan fingerprint density at radius 1 is 1.52 bits per heavy atom. The summed E-state index contributed by atoms with van der Waals surface area (Å²) >= 11 is 7.79. The van der Waals surface area contributed by atoms with E-state index >= 15 is 0 Å². The van der Waals surface area contributed by atoms with E-state index in [0.29, 0.717) is 11.6 Å². The molecule has 2 aromatic heterocycles. The van der Waals surface area contributed by atoms with Crippen LogP contribution in [0.25, 0.3) is 0 Å². The molecule has 0 spiro atoms. The van der Waals surface area contributed by atoms with Gasteiger partial charge < -0.3 is 10.4 Å². The quantitative estimate of drug-likeness (QED) is 0.856. The zero-order chi connectivity index (χ0) is 15.4. The minimum Gasteiger partial charge on any atom is -0.394 e. The lowest BCUT2D eigenvalue weighted by Gasteiger charge is -2.23. The van der Waals surface area contributed by atoms with Gasteiger partial charge in [0.05, 0.1) is 31.1 Å². The van der Waals surface area contributed by atoms with Gasteiger partial charge in [-0.1, -0.05) is 31.5 Å². The second-order valence-corrected chi connectivity index (χ2v) is 6.36. The van der Waals surface area contributed by atoms with E-state index in [1.54, 1.807) is 11.3 Å². The Kier molecular flexibility index (Phi) is 5.39. The largest absolute Gasteiger partial charge is 0.394 e. The molecule has 21 heavy (non-hydrogen) atoms. The summed E-state index contributed by atoms with van der Waals surface area (Å²) in [5.74, 6) is 0.333. The Bertz CT molecular complexity index is 640. The highest BCUT2D eigenvalue weighted by Gasteiger charge is 2.19. The molecule has 114 valence electrons. The van der Waals surface area contributed by atoms with Gasteiger partial charge in [0.25, 0.3) is 5.56 Å². The molecule has 1 unspecified atom stereocenters. The minimum atomic E-state index is -0.399. The SMILES string of the molecule is CC(C)C(Nc1cnn(CCO)c(=O)c1Cl)c1cccs1. The third kappa shape index (κ3) is 3.64. The third-order valence-corrected chi connectivity index (χ3v) is 4.44. The summed E-state index contributed by atoms with van der Waals surface area (Å²) in [5.41, 5.74) is 0.118. The van der Waals surface area contributed by atoms with Gasteiger partial charge in [0.15, 0.2) is 0 Å². The van der Waals surface area contributed by atoms with E-state index in [4.69, 9.17) is 16.7 Å². The highest BCUT2D eigenvalue weighted by molar-refractivity contribution is 7.10. The zero-order valence-corrected chi connectivity index (χ0v) is 13.5. The molecule has 0 aliphatic carbocycles. The number of nitrogens with zero attached hydrogens (tertiary/aromatic N) is 2. The van der Waals surface area contributed by atoms with Gasteiger partial charge in [-0.25, -0.2) is 4.68 Å². The molecule has 0 aliphatic rings. The molecule has 0 aromatic carbocycles.